The first-order valence-corrected chi connectivity index (χ1v) is 11.0. The number of barbiturate groups is 1. The van der Waals surface area contributed by atoms with E-state index in [1.54, 1.807) is 42.5 Å². The lowest BCUT2D eigenvalue weighted by Crippen LogP contribution is -2.53. The molecule has 1 aliphatic heterocycles. The van der Waals surface area contributed by atoms with E-state index in [1.807, 2.05) is 6.92 Å². The Morgan fingerprint density at radius 3 is 2.53 bits per heavy atom. The first-order chi connectivity index (χ1) is 16.4. The summed E-state index contributed by atoms with van der Waals surface area (Å²) in [5.41, 5.74) is 0.817. The number of ether oxygens (including phenoxy) is 3. The van der Waals surface area contributed by atoms with Crippen LogP contribution in [0.2, 0.25) is 5.02 Å². The van der Waals surface area contributed by atoms with Gasteiger partial charge in [-0.25, -0.2) is 4.79 Å². The van der Waals surface area contributed by atoms with Crippen molar-refractivity contribution >= 4 is 35.5 Å². The molecule has 8 nitrogen and oxygen atoms in total. The van der Waals surface area contributed by atoms with E-state index in [0.29, 0.717) is 40.0 Å². The van der Waals surface area contributed by atoms with Crippen molar-refractivity contribution in [2.45, 2.75) is 19.9 Å². The zero-order valence-corrected chi connectivity index (χ0v) is 19.7. The number of rotatable bonds is 10. The van der Waals surface area contributed by atoms with Gasteiger partial charge in [0.15, 0.2) is 11.5 Å². The molecule has 1 saturated heterocycles. The Hall–Kier alpha value is -3.78. The quantitative estimate of drug-likeness (QED) is 0.306. The van der Waals surface area contributed by atoms with Crippen molar-refractivity contribution in [1.82, 2.24) is 10.2 Å². The van der Waals surface area contributed by atoms with Crippen molar-refractivity contribution in [2.75, 3.05) is 20.3 Å². The first-order valence-electron chi connectivity index (χ1n) is 10.6. The molecular weight excluding hydrogens is 460 g/mol. The maximum atomic E-state index is 13.2. The number of urea groups is 1. The van der Waals surface area contributed by atoms with Crippen molar-refractivity contribution in [3.05, 3.63) is 70.8 Å². The topological polar surface area (TPSA) is 94.2 Å². The number of imide groups is 2. The molecule has 0 aromatic heterocycles. The van der Waals surface area contributed by atoms with Crippen LogP contribution in [0.3, 0.4) is 0 Å². The Morgan fingerprint density at radius 1 is 1.06 bits per heavy atom. The highest BCUT2D eigenvalue weighted by molar-refractivity contribution is 6.32. The van der Waals surface area contributed by atoms with Crippen LogP contribution >= 0.6 is 11.6 Å². The Balaban J connectivity index is 1.90. The SMILES string of the molecule is C=CCOc1ccc(Cl)cc1/C=C1\C(=O)NC(=O)N(Cc2ccc(OCCC)c(OC)c2)C1=O. The van der Waals surface area contributed by atoms with Gasteiger partial charge in [-0.05, 0) is 48.4 Å². The molecule has 0 saturated carbocycles. The molecule has 2 aromatic carbocycles. The maximum absolute atomic E-state index is 13.2. The number of nitrogens with one attached hydrogen (secondary N) is 1. The van der Waals surface area contributed by atoms with Crippen LogP contribution in [0.25, 0.3) is 6.08 Å². The summed E-state index contributed by atoms with van der Waals surface area (Å²) in [6.07, 6.45) is 3.75. The van der Waals surface area contributed by atoms with Crippen molar-refractivity contribution < 1.29 is 28.6 Å². The highest BCUT2D eigenvalue weighted by Gasteiger charge is 2.36. The van der Waals surface area contributed by atoms with Crippen LogP contribution in [0, 0.1) is 0 Å². The summed E-state index contributed by atoms with van der Waals surface area (Å²) in [5.74, 6) is -0.0967. The fourth-order valence-corrected chi connectivity index (χ4v) is 3.41. The van der Waals surface area contributed by atoms with E-state index in [0.717, 1.165) is 11.3 Å². The average molecular weight is 485 g/mol. The van der Waals surface area contributed by atoms with E-state index in [9.17, 15) is 14.4 Å². The maximum Gasteiger partial charge on any atom is 0.331 e. The minimum atomic E-state index is -0.813. The van der Waals surface area contributed by atoms with Crippen LogP contribution < -0.4 is 19.5 Å². The molecule has 0 spiro atoms. The van der Waals surface area contributed by atoms with Crippen LogP contribution in [-0.4, -0.2) is 43.1 Å². The highest BCUT2D eigenvalue weighted by atomic mass is 35.5. The Labute approximate surface area is 202 Å². The van der Waals surface area contributed by atoms with E-state index in [-0.39, 0.29) is 18.7 Å². The van der Waals surface area contributed by atoms with E-state index < -0.39 is 17.8 Å². The van der Waals surface area contributed by atoms with Gasteiger partial charge in [0.2, 0.25) is 0 Å². The second-order valence-electron chi connectivity index (χ2n) is 7.32. The van der Waals surface area contributed by atoms with Gasteiger partial charge in [0, 0.05) is 10.6 Å². The monoisotopic (exact) mass is 484 g/mol. The molecule has 1 heterocycles. The summed E-state index contributed by atoms with van der Waals surface area (Å²) in [6.45, 7) is 6.28. The van der Waals surface area contributed by atoms with Crippen molar-refractivity contribution in [3.63, 3.8) is 0 Å². The number of benzene rings is 2. The lowest BCUT2D eigenvalue weighted by molar-refractivity contribution is -0.130. The van der Waals surface area contributed by atoms with Gasteiger partial charge in [0.05, 0.1) is 20.3 Å². The first kappa shape index (κ1) is 24.9. The fraction of sp³-hybridized carbons (Fsp3) is 0.240. The van der Waals surface area contributed by atoms with Crippen LogP contribution in [0.5, 0.6) is 17.2 Å². The Bertz CT molecular complexity index is 1140. The minimum Gasteiger partial charge on any atom is -0.493 e. The van der Waals surface area contributed by atoms with Crippen LogP contribution in [0.15, 0.2) is 54.6 Å². The number of hydrogen-bond donors (Lipinski definition) is 1. The molecule has 1 aliphatic rings. The number of halogens is 1. The van der Waals surface area contributed by atoms with Gasteiger partial charge in [-0.1, -0.05) is 37.2 Å². The van der Waals surface area contributed by atoms with Crippen molar-refractivity contribution in [2.24, 2.45) is 0 Å². The lowest BCUT2D eigenvalue weighted by Gasteiger charge is -2.26. The van der Waals surface area contributed by atoms with E-state index >= 15 is 0 Å². The van der Waals surface area contributed by atoms with Gasteiger partial charge in [-0.2, -0.15) is 0 Å². The van der Waals surface area contributed by atoms with Crippen LogP contribution in [0.1, 0.15) is 24.5 Å². The highest BCUT2D eigenvalue weighted by Crippen LogP contribution is 2.30. The third-order valence-corrected chi connectivity index (χ3v) is 5.08. The fourth-order valence-electron chi connectivity index (χ4n) is 3.23. The van der Waals surface area contributed by atoms with Crippen molar-refractivity contribution in [1.29, 1.82) is 0 Å². The molecule has 0 unspecified atom stereocenters. The molecule has 0 bridgehead atoms. The zero-order valence-electron chi connectivity index (χ0n) is 18.9. The second-order valence-corrected chi connectivity index (χ2v) is 7.76. The number of carbonyl (C=O) groups excluding carboxylic acids is 3. The summed E-state index contributed by atoms with van der Waals surface area (Å²) in [7, 11) is 1.51. The standard InChI is InChI=1S/C25H25ClN2O6/c1-4-10-33-20-9-7-18(26)13-17(20)14-19-23(29)27-25(31)28(24(19)30)15-16-6-8-21(34-11-5-2)22(12-16)32-3/h4,6-9,12-14H,1,5,10-11,15H2,2-3H3,(H,27,29,31)/b19-14+. The summed E-state index contributed by atoms with van der Waals surface area (Å²) in [5, 5.41) is 2.60. The van der Waals surface area contributed by atoms with Crippen LogP contribution in [-0.2, 0) is 16.1 Å². The summed E-state index contributed by atoms with van der Waals surface area (Å²) in [6, 6.07) is 9.13. The predicted octanol–water partition coefficient (Wildman–Crippen LogP) is 4.36. The van der Waals surface area contributed by atoms with E-state index in [4.69, 9.17) is 25.8 Å². The largest absolute Gasteiger partial charge is 0.493 e. The molecule has 178 valence electrons. The van der Waals surface area contributed by atoms with Gasteiger partial charge >= 0.3 is 6.03 Å². The zero-order chi connectivity index (χ0) is 24.7. The minimum absolute atomic E-state index is 0.0743. The summed E-state index contributed by atoms with van der Waals surface area (Å²) in [4.78, 5) is 39.1. The lowest BCUT2D eigenvalue weighted by atomic mass is 10.1. The molecule has 34 heavy (non-hydrogen) atoms. The van der Waals surface area contributed by atoms with Gasteiger partial charge in [0.25, 0.3) is 11.8 Å². The second kappa shape index (κ2) is 11.4. The van der Waals surface area contributed by atoms with Crippen molar-refractivity contribution in [3.8, 4) is 17.2 Å². The van der Waals surface area contributed by atoms with E-state index in [1.165, 1.54) is 13.2 Å². The van der Waals surface area contributed by atoms with Gasteiger partial charge in [0.1, 0.15) is 17.9 Å². The molecule has 3 rings (SSSR count). The predicted molar refractivity (Wildman–Crippen MR) is 128 cm³/mol. The Kier molecular flexibility index (Phi) is 8.32. The number of nitrogens with zero attached hydrogens (tertiary/aromatic N) is 1. The molecular formula is C25H25ClN2O6. The van der Waals surface area contributed by atoms with Gasteiger partial charge in [-0.15, -0.1) is 0 Å². The third-order valence-electron chi connectivity index (χ3n) is 4.84. The normalized spacial score (nSPS) is 14.7. The van der Waals surface area contributed by atoms with Gasteiger partial charge < -0.3 is 14.2 Å². The summed E-state index contributed by atoms with van der Waals surface area (Å²) < 4.78 is 16.6. The average Bonchev–Trinajstić information content (AvgIpc) is 2.82. The molecule has 0 aliphatic carbocycles. The molecule has 4 amide bonds. The number of methoxy groups -OCH3 is 1. The van der Waals surface area contributed by atoms with Crippen LogP contribution in [0.4, 0.5) is 4.79 Å². The summed E-state index contributed by atoms with van der Waals surface area (Å²) >= 11 is 6.10. The van der Waals surface area contributed by atoms with E-state index in [2.05, 4.69) is 11.9 Å². The Morgan fingerprint density at radius 2 is 1.82 bits per heavy atom. The molecule has 1 N–H and O–H groups in total. The smallest absolute Gasteiger partial charge is 0.331 e. The number of amides is 4. The van der Waals surface area contributed by atoms with Gasteiger partial charge in [-0.3, -0.25) is 19.8 Å². The molecule has 0 radical (unpaired) electrons. The molecule has 9 heteroatoms. The molecule has 0 atom stereocenters. The number of carbonyl (C=O) groups is 3. The third kappa shape index (κ3) is 5.77. The molecule has 2 aromatic rings. The number of hydrogen-bond acceptors (Lipinski definition) is 6. The molecule has 1 fully saturated rings.